The Kier molecular flexibility index (Phi) is 4.24. The molecule has 0 spiro atoms. The van der Waals surface area contributed by atoms with Crippen molar-refractivity contribution in [3.63, 3.8) is 0 Å². The van der Waals surface area contributed by atoms with Gasteiger partial charge in [-0.2, -0.15) is 0 Å². The Bertz CT molecular complexity index is 986. The number of hydrogen-bond donors (Lipinski definition) is 2. The van der Waals surface area contributed by atoms with Crippen LogP contribution in [0.5, 0.6) is 0 Å². The summed E-state index contributed by atoms with van der Waals surface area (Å²) in [6.45, 7) is 0. The standard InChI is InChI=1S/C23H19NO3/c25-21(20-13-7-6-12-19(20)16-8-2-1-3-9-16)24-23(22(26)27)14-17-10-4-5-11-18(17)15-23/h1-13H,14-15H2,(H,24,25)(H,26,27). The molecular formula is C23H19NO3. The smallest absolute Gasteiger partial charge is 0.330 e. The molecule has 1 amide bonds. The number of amides is 1. The molecule has 4 heteroatoms. The first kappa shape index (κ1) is 17.0. The van der Waals surface area contributed by atoms with Gasteiger partial charge in [0.15, 0.2) is 0 Å². The molecule has 1 aliphatic rings. The number of nitrogens with one attached hydrogen (secondary N) is 1. The van der Waals surface area contributed by atoms with Crippen molar-refractivity contribution in [1.29, 1.82) is 0 Å². The molecular weight excluding hydrogens is 338 g/mol. The minimum Gasteiger partial charge on any atom is -0.479 e. The SMILES string of the molecule is O=C(NC1(C(=O)O)Cc2ccccc2C1)c1ccccc1-c1ccccc1. The molecule has 0 bridgehead atoms. The second kappa shape index (κ2) is 6.72. The summed E-state index contributed by atoms with van der Waals surface area (Å²) in [6, 6.07) is 24.5. The zero-order valence-corrected chi connectivity index (χ0v) is 14.7. The average Bonchev–Trinajstić information content (AvgIpc) is 3.08. The van der Waals surface area contributed by atoms with Crippen LogP contribution in [0.2, 0.25) is 0 Å². The van der Waals surface area contributed by atoms with Crippen molar-refractivity contribution < 1.29 is 14.7 Å². The molecule has 1 aliphatic carbocycles. The molecule has 0 saturated heterocycles. The minimum absolute atomic E-state index is 0.289. The van der Waals surface area contributed by atoms with E-state index in [1.54, 1.807) is 12.1 Å². The van der Waals surface area contributed by atoms with E-state index in [0.29, 0.717) is 5.56 Å². The molecule has 4 nitrogen and oxygen atoms in total. The van der Waals surface area contributed by atoms with Crippen molar-refractivity contribution in [3.8, 4) is 11.1 Å². The van der Waals surface area contributed by atoms with E-state index in [0.717, 1.165) is 22.3 Å². The predicted molar refractivity (Wildman–Crippen MR) is 104 cm³/mol. The normalized spacial score (nSPS) is 14.4. The van der Waals surface area contributed by atoms with Gasteiger partial charge in [0.05, 0.1) is 0 Å². The summed E-state index contributed by atoms with van der Waals surface area (Å²) in [5, 5.41) is 12.7. The highest BCUT2D eigenvalue weighted by Crippen LogP contribution is 2.31. The van der Waals surface area contributed by atoms with Gasteiger partial charge in [0.1, 0.15) is 5.54 Å². The fourth-order valence-electron chi connectivity index (χ4n) is 3.74. The third-order valence-electron chi connectivity index (χ3n) is 5.12. The lowest BCUT2D eigenvalue weighted by atomic mass is 9.93. The van der Waals surface area contributed by atoms with Gasteiger partial charge in [0.2, 0.25) is 0 Å². The van der Waals surface area contributed by atoms with Crippen LogP contribution < -0.4 is 5.32 Å². The first-order chi connectivity index (χ1) is 13.1. The van der Waals surface area contributed by atoms with Gasteiger partial charge in [-0.25, -0.2) is 4.79 Å². The molecule has 3 aromatic rings. The summed E-state index contributed by atoms with van der Waals surface area (Å²) in [7, 11) is 0. The van der Waals surface area contributed by atoms with Crippen LogP contribution in [0.3, 0.4) is 0 Å². The Morgan fingerprint density at radius 3 is 1.96 bits per heavy atom. The van der Waals surface area contributed by atoms with E-state index in [-0.39, 0.29) is 18.7 Å². The van der Waals surface area contributed by atoms with Crippen molar-refractivity contribution in [2.45, 2.75) is 18.4 Å². The maximum absolute atomic E-state index is 13.1. The van der Waals surface area contributed by atoms with Crippen LogP contribution in [0.25, 0.3) is 11.1 Å². The number of aliphatic carboxylic acids is 1. The van der Waals surface area contributed by atoms with Gasteiger partial charge in [-0.15, -0.1) is 0 Å². The molecule has 0 fully saturated rings. The van der Waals surface area contributed by atoms with Gasteiger partial charge < -0.3 is 10.4 Å². The Hall–Kier alpha value is -3.40. The largest absolute Gasteiger partial charge is 0.479 e. The van der Waals surface area contributed by atoms with Crippen molar-refractivity contribution >= 4 is 11.9 Å². The number of hydrogen-bond acceptors (Lipinski definition) is 2. The molecule has 0 radical (unpaired) electrons. The van der Waals surface area contributed by atoms with E-state index in [1.807, 2.05) is 66.7 Å². The average molecular weight is 357 g/mol. The number of carbonyl (C=O) groups excluding carboxylic acids is 1. The lowest BCUT2D eigenvalue weighted by molar-refractivity contribution is -0.144. The maximum atomic E-state index is 13.1. The predicted octanol–water partition coefficient (Wildman–Crippen LogP) is 3.71. The second-order valence-electron chi connectivity index (χ2n) is 6.88. The number of benzene rings is 3. The highest BCUT2D eigenvalue weighted by Gasteiger charge is 2.45. The monoisotopic (exact) mass is 357 g/mol. The first-order valence-electron chi connectivity index (χ1n) is 8.86. The molecule has 4 rings (SSSR count). The van der Waals surface area contributed by atoms with E-state index >= 15 is 0 Å². The molecule has 0 heterocycles. The van der Waals surface area contributed by atoms with Gasteiger partial charge in [0.25, 0.3) is 5.91 Å². The van der Waals surface area contributed by atoms with Crippen molar-refractivity contribution in [3.05, 3.63) is 95.6 Å². The molecule has 0 aliphatic heterocycles. The van der Waals surface area contributed by atoms with Crippen LogP contribution in [-0.4, -0.2) is 22.5 Å². The maximum Gasteiger partial charge on any atom is 0.330 e. The molecule has 0 saturated carbocycles. The highest BCUT2D eigenvalue weighted by molar-refractivity contribution is 6.03. The second-order valence-corrected chi connectivity index (χ2v) is 6.88. The third kappa shape index (κ3) is 3.10. The number of carbonyl (C=O) groups is 2. The number of carboxylic acid groups (broad SMARTS) is 1. The fraction of sp³-hybridized carbons (Fsp3) is 0.130. The van der Waals surface area contributed by atoms with Crippen LogP contribution in [0.4, 0.5) is 0 Å². The van der Waals surface area contributed by atoms with Crippen LogP contribution in [0.1, 0.15) is 21.5 Å². The molecule has 0 atom stereocenters. The van der Waals surface area contributed by atoms with Crippen LogP contribution in [0.15, 0.2) is 78.9 Å². The van der Waals surface area contributed by atoms with Gasteiger partial charge in [0, 0.05) is 18.4 Å². The van der Waals surface area contributed by atoms with Gasteiger partial charge in [-0.3, -0.25) is 4.79 Å². The van der Waals surface area contributed by atoms with Crippen LogP contribution in [-0.2, 0) is 17.6 Å². The summed E-state index contributed by atoms with van der Waals surface area (Å²) in [6.07, 6.45) is 0.579. The van der Waals surface area contributed by atoms with E-state index in [9.17, 15) is 14.7 Å². The molecule has 134 valence electrons. The van der Waals surface area contributed by atoms with E-state index in [2.05, 4.69) is 5.32 Å². The Labute approximate surface area is 157 Å². The van der Waals surface area contributed by atoms with E-state index in [1.165, 1.54) is 0 Å². The van der Waals surface area contributed by atoms with Gasteiger partial charge >= 0.3 is 5.97 Å². The molecule has 3 aromatic carbocycles. The number of rotatable bonds is 4. The third-order valence-corrected chi connectivity index (χ3v) is 5.12. The fourth-order valence-corrected chi connectivity index (χ4v) is 3.74. The zero-order valence-electron chi connectivity index (χ0n) is 14.7. The summed E-state index contributed by atoms with van der Waals surface area (Å²) in [4.78, 5) is 25.2. The summed E-state index contributed by atoms with van der Waals surface area (Å²) in [5.41, 5.74) is 2.80. The first-order valence-corrected chi connectivity index (χ1v) is 8.86. The molecule has 27 heavy (non-hydrogen) atoms. The lowest BCUT2D eigenvalue weighted by Crippen LogP contribution is -2.55. The molecule has 0 unspecified atom stereocenters. The van der Waals surface area contributed by atoms with Gasteiger partial charge in [-0.05, 0) is 28.3 Å². The minimum atomic E-state index is -1.31. The quantitative estimate of drug-likeness (QED) is 0.748. The van der Waals surface area contributed by atoms with E-state index < -0.39 is 11.5 Å². The summed E-state index contributed by atoms with van der Waals surface area (Å²) in [5.74, 6) is -1.38. The summed E-state index contributed by atoms with van der Waals surface area (Å²) >= 11 is 0. The Morgan fingerprint density at radius 2 is 1.33 bits per heavy atom. The van der Waals surface area contributed by atoms with Crippen molar-refractivity contribution in [2.75, 3.05) is 0 Å². The Morgan fingerprint density at radius 1 is 0.778 bits per heavy atom. The zero-order chi connectivity index (χ0) is 18.9. The lowest BCUT2D eigenvalue weighted by Gasteiger charge is -2.26. The number of fused-ring (bicyclic) bond motifs is 1. The molecule has 0 aromatic heterocycles. The summed E-state index contributed by atoms with van der Waals surface area (Å²) < 4.78 is 0. The van der Waals surface area contributed by atoms with Crippen molar-refractivity contribution in [1.82, 2.24) is 5.32 Å². The highest BCUT2D eigenvalue weighted by atomic mass is 16.4. The molecule has 2 N–H and O–H groups in total. The van der Waals surface area contributed by atoms with Gasteiger partial charge in [-0.1, -0.05) is 72.8 Å². The van der Waals surface area contributed by atoms with Crippen LogP contribution in [0, 0.1) is 0 Å². The topological polar surface area (TPSA) is 66.4 Å². The van der Waals surface area contributed by atoms with Crippen LogP contribution >= 0.6 is 0 Å². The number of carboxylic acids is 1. The van der Waals surface area contributed by atoms with Crippen molar-refractivity contribution in [2.24, 2.45) is 0 Å². The Balaban J connectivity index is 1.68. The van der Waals surface area contributed by atoms with E-state index in [4.69, 9.17) is 0 Å².